The molecule has 4 aromatic rings. The van der Waals surface area contributed by atoms with E-state index < -0.39 is 0 Å². The van der Waals surface area contributed by atoms with Gasteiger partial charge in [0.25, 0.3) is 5.56 Å². The van der Waals surface area contributed by atoms with E-state index in [2.05, 4.69) is 21.2 Å². The zero-order valence-electron chi connectivity index (χ0n) is 14.8. The first-order valence-corrected chi connectivity index (χ1v) is 9.65. The van der Waals surface area contributed by atoms with Gasteiger partial charge in [-0.25, -0.2) is 4.98 Å². The molecule has 0 aliphatic rings. The van der Waals surface area contributed by atoms with Gasteiger partial charge in [-0.3, -0.25) is 9.20 Å². The van der Waals surface area contributed by atoms with E-state index in [-0.39, 0.29) is 5.56 Å². The monoisotopic (exact) mass is 397 g/mol. The van der Waals surface area contributed by atoms with Crippen molar-refractivity contribution >= 4 is 29.0 Å². The van der Waals surface area contributed by atoms with Gasteiger partial charge in [0.15, 0.2) is 11.0 Å². The van der Waals surface area contributed by atoms with Crippen LogP contribution in [0.5, 0.6) is 0 Å². The predicted octanol–water partition coefficient (Wildman–Crippen LogP) is 3.74. The maximum Gasteiger partial charge on any atom is 0.258 e. The van der Waals surface area contributed by atoms with Gasteiger partial charge in [-0.1, -0.05) is 47.1 Å². The number of fused-ring (bicyclic) bond motifs is 1. The molecule has 0 saturated heterocycles. The van der Waals surface area contributed by atoms with E-state index in [9.17, 15) is 4.79 Å². The molecule has 0 bridgehead atoms. The standard InChI is InChI=1S/C19H16ClN5OS/c1-12-4-3-5-13(8-12)18-22-23-19(24(18)2)27-11-15-9-17(26)25-10-14(20)6-7-16(25)21-15/h3-10H,11H2,1-2H3. The highest BCUT2D eigenvalue weighted by Gasteiger charge is 2.12. The highest BCUT2D eigenvalue weighted by atomic mass is 35.5. The summed E-state index contributed by atoms with van der Waals surface area (Å²) in [6.45, 7) is 2.05. The molecule has 0 aliphatic carbocycles. The van der Waals surface area contributed by atoms with Crippen LogP contribution in [0.15, 0.2) is 58.6 Å². The van der Waals surface area contributed by atoms with E-state index in [0.29, 0.717) is 22.1 Å². The number of halogens is 1. The fraction of sp³-hybridized carbons (Fsp3) is 0.158. The molecule has 3 heterocycles. The van der Waals surface area contributed by atoms with Crippen molar-refractivity contribution in [1.82, 2.24) is 24.1 Å². The Hall–Kier alpha value is -2.64. The van der Waals surface area contributed by atoms with Crippen LogP contribution in [0.1, 0.15) is 11.3 Å². The first-order chi connectivity index (χ1) is 13.0. The molecule has 136 valence electrons. The highest BCUT2D eigenvalue weighted by Crippen LogP contribution is 2.25. The third-order valence-corrected chi connectivity index (χ3v) is 5.41. The molecule has 1 aromatic carbocycles. The molecule has 6 nitrogen and oxygen atoms in total. The Morgan fingerprint density at radius 1 is 1.15 bits per heavy atom. The molecule has 0 N–H and O–H groups in total. The number of benzene rings is 1. The van der Waals surface area contributed by atoms with Crippen LogP contribution in [0.4, 0.5) is 0 Å². The normalized spacial score (nSPS) is 11.2. The topological polar surface area (TPSA) is 65.1 Å². The molecular weight excluding hydrogens is 382 g/mol. The molecule has 0 unspecified atom stereocenters. The van der Waals surface area contributed by atoms with Crippen molar-refractivity contribution in [3.05, 3.63) is 75.3 Å². The highest BCUT2D eigenvalue weighted by molar-refractivity contribution is 7.98. The Morgan fingerprint density at radius 2 is 2.00 bits per heavy atom. The van der Waals surface area contributed by atoms with Crippen molar-refractivity contribution in [1.29, 1.82) is 0 Å². The average molecular weight is 398 g/mol. The van der Waals surface area contributed by atoms with Crippen molar-refractivity contribution in [3.8, 4) is 11.4 Å². The van der Waals surface area contributed by atoms with Gasteiger partial charge in [0.2, 0.25) is 0 Å². The van der Waals surface area contributed by atoms with Crippen LogP contribution in [0.2, 0.25) is 5.02 Å². The second-order valence-corrected chi connectivity index (χ2v) is 7.56. The SMILES string of the molecule is Cc1cccc(-c2nnc(SCc3cc(=O)n4cc(Cl)ccc4n3)n2C)c1. The zero-order chi connectivity index (χ0) is 19.0. The molecule has 0 aliphatic heterocycles. The summed E-state index contributed by atoms with van der Waals surface area (Å²) in [6.07, 6.45) is 1.57. The summed E-state index contributed by atoms with van der Waals surface area (Å²) in [5, 5.41) is 9.85. The van der Waals surface area contributed by atoms with Crippen molar-refractivity contribution in [2.75, 3.05) is 0 Å². The summed E-state index contributed by atoms with van der Waals surface area (Å²) in [6, 6.07) is 13.1. The minimum atomic E-state index is -0.156. The van der Waals surface area contributed by atoms with Crippen LogP contribution in [-0.4, -0.2) is 24.1 Å². The summed E-state index contributed by atoms with van der Waals surface area (Å²) < 4.78 is 3.39. The van der Waals surface area contributed by atoms with E-state index in [1.54, 1.807) is 18.3 Å². The van der Waals surface area contributed by atoms with E-state index in [0.717, 1.165) is 16.5 Å². The molecule has 0 atom stereocenters. The van der Waals surface area contributed by atoms with Crippen LogP contribution in [0.25, 0.3) is 17.0 Å². The van der Waals surface area contributed by atoms with Crippen LogP contribution < -0.4 is 5.56 Å². The Labute approximate surface area is 164 Å². The molecule has 0 radical (unpaired) electrons. The molecule has 0 amide bonds. The predicted molar refractivity (Wildman–Crippen MR) is 107 cm³/mol. The third-order valence-electron chi connectivity index (χ3n) is 4.14. The van der Waals surface area contributed by atoms with Crippen molar-refractivity contribution in [2.24, 2.45) is 7.05 Å². The van der Waals surface area contributed by atoms with Crippen LogP contribution in [-0.2, 0) is 12.8 Å². The summed E-state index contributed by atoms with van der Waals surface area (Å²) >= 11 is 7.43. The summed E-state index contributed by atoms with van der Waals surface area (Å²) in [5.41, 5.74) is 3.30. The number of pyridine rings is 1. The number of rotatable bonds is 4. The maximum absolute atomic E-state index is 12.3. The van der Waals surface area contributed by atoms with E-state index in [1.165, 1.54) is 27.8 Å². The number of hydrogen-bond acceptors (Lipinski definition) is 5. The fourth-order valence-electron chi connectivity index (χ4n) is 2.81. The van der Waals surface area contributed by atoms with Crippen molar-refractivity contribution < 1.29 is 0 Å². The number of thioether (sulfide) groups is 1. The molecule has 3 aromatic heterocycles. The summed E-state index contributed by atoms with van der Waals surface area (Å²) in [7, 11) is 1.94. The first kappa shape index (κ1) is 17.8. The number of aromatic nitrogens is 5. The fourth-order valence-corrected chi connectivity index (χ4v) is 3.78. The molecule has 8 heteroatoms. The minimum Gasteiger partial charge on any atom is -0.305 e. The second-order valence-electron chi connectivity index (χ2n) is 6.18. The number of hydrogen-bond donors (Lipinski definition) is 0. The van der Waals surface area contributed by atoms with Crippen LogP contribution in [0.3, 0.4) is 0 Å². The Morgan fingerprint density at radius 3 is 2.81 bits per heavy atom. The lowest BCUT2D eigenvalue weighted by atomic mass is 10.1. The lowest BCUT2D eigenvalue weighted by Crippen LogP contribution is -2.15. The van der Waals surface area contributed by atoms with E-state index >= 15 is 0 Å². The van der Waals surface area contributed by atoms with Crippen molar-refractivity contribution in [2.45, 2.75) is 17.8 Å². The smallest absolute Gasteiger partial charge is 0.258 e. The molecule has 27 heavy (non-hydrogen) atoms. The average Bonchev–Trinajstić information content (AvgIpc) is 3.01. The quantitative estimate of drug-likeness (QED) is 0.491. The number of aryl methyl sites for hydroxylation is 1. The van der Waals surface area contributed by atoms with Gasteiger partial charge in [0, 0.05) is 30.6 Å². The lowest BCUT2D eigenvalue weighted by Gasteiger charge is -2.06. The molecule has 4 rings (SSSR count). The minimum absolute atomic E-state index is 0.156. The van der Waals surface area contributed by atoms with Crippen LogP contribution >= 0.6 is 23.4 Å². The van der Waals surface area contributed by atoms with Crippen molar-refractivity contribution in [3.63, 3.8) is 0 Å². The Kier molecular flexibility index (Phi) is 4.72. The summed E-state index contributed by atoms with van der Waals surface area (Å²) in [4.78, 5) is 16.8. The molecule has 0 saturated carbocycles. The van der Waals surface area contributed by atoms with Gasteiger partial charge >= 0.3 is 0 Å². The molecular formula is C19H16ClN5OS. The Balaban J connectivity index is 1.58. The van der Waals surface area contributed by atoms with Gasteiger partial charge in [-0.2, -0.15) is 0 Å². The Bertz CT molecular complexity index is 1200. The lowest BCUT2D eigenvalue weighted by molar-refractivity contribution is 0.793. The van der Waals surface area contributed by atoms with E-state index in [4.69, 9.17) is 11.6 Å². The largest absolute Gasteiger partial charge is 0.305 e. The maximum atomic E-state index is 12.3. The second kappa shape index (κ2) is 7.17. The number of nitrogens with zero attached hydrogens (tertiary/aromatic N) is 5. The van der Waals surface area contributed by atoms with Gasteiger partial charge in [0.05, 0.1) is 10.7 Å². The molecule has 0 spiro atoms. The summed E-state index contributed by atoms with van der Waals surface area (Å²) in [5.74, 6) is 1.33. The van der Waals surface area contributed by atoms with Gasteiger partial charge in [0.1, 0.15) is 5.65 Å². The van der Waals surface area contributed by atoms with Gasteiger partial charge < -0.3 is 4.57 Å². The van der Waals surface area contributed by atoms with Gasteiger partial charge in [-0.05, 0) is 25.1 Å². The van der Waals surface area contributed by atoms with Crippen LogP contribution in [0, 0.1) is 6.92 Å². The van der Waals surface area contributed by atoms with Gasteiger partial charge in [-0.15, -0.1) is 10.2 Å². The van der Waals surface area contributed by atoms with E-state index in [1.807, 2.05) is 36.7 Å². The molecule has 0 fully saturated rings. The third kappa shape index (κ3) is 3.61. The zero-order valence-corrected chi connectivity index (χ0v) is 16.3. The first-order valence-electron chi connectivity index (χ1n) is 8.28.